The van der Waals surface area contributed by atoms with Crippen LogP contribution in [0.1, 0.15) is 70.6 Å². The van der Waals surface area contributed by atoms with Crippen LogP contribution in [0, 0.1) is 18.3 Å². The van der Waals surface area contributed by atoms with E-state index in [1.165, 1.54) is 70.6 Å². The predicted molar refractivity (Wildman–Crippen MR) is 62.1 cm³/mol. The van der Waals surface area contributed by atoms with Gasteiger partial charge in [0.2, 0.25) is 0 Å². The van der Waals surface area contributed by atoms with Crippen molar-refractivity contribution in [2.75, 3.05) is 0 Å². The molecule has 0 unspecified atom stereocenters. The van der Waals surface area contributed by atoms with Crippen LogP contribution in [-0.4, -0.2) is 0 Å². The topological polar surface area (TPSA) is 0 Å². The third-order valence-corrected chi connectivity index (χ3v) is 4.09. The molecule has 0 aromatic rings. The number of hydrogen-bond donors (Lipinski definition) is 0. The second-order valence-electron chi connectivity index (χ2n) is 5.34. The number of hydrogen-bond acceptors (Lipinski definition) is 0. The van der Waals surface area contributed by atoms with Crippen molar-refractivity contribution in [3.63, 3.8) is 0 Å². The Hall–Kier alpha value is 0. The summed E-state index contributed by atoms with van der Waals surface area (Å²) >= 11 is 0. The average Bonchev–Trinajstić information content (AvgIpc) is 2.48. The van der Waals surface area contributed by atoms with Crippen LogP contribution in [0.2, 0.25) is 0 Å². The summed E-state index contributed by atoms with van der Waals surface area (Å²) in [5.74, 6) is 1.98. The van der Waals surface area contributed by atoms with Crippen LogP contribution in [0.3, 0.4) is 0 Å². The van der Waals surface area contributed by atoms with E-state index < -0.39 is 0 Å². The Kier molecular flexibility index (Phi) is 4.34. The van der Waals surface area contributed by atoms with Crippen LogP contribution < -0.4 is 0 Å². The van der Waals surface area contributed by atoms with Gasteiger partial charge >= 0.3 is 0 Å². The lowest BCUT2D eigenvalue weighted by Gasteiger charge is -2.25. The smallest absolute Gasteiger partial charge is 0.0324 e. The van der Waals surface area contributed by atoms with Crippen LogP contribution in [0.5, 0.6) is 0 Å². The summed E-state index contributed by atoms with van der Waals surface area (Å²) in [6, 6.07) is 0. The van der Waals surface area contributed by atoms with E-state index >= 15 is 0 Å². The van der Waals surface area contributed by atoms with E-state index in [0.29, 0.717) is 0 Å². The molecular weight excluding hydrogens is 168 g/mol. The van der Waals surface area contributed by atoms with E-state index in [9.17, 15) is 0 Å². The quantitative estimate of drug-likeness (QED) is 0.556. The second kappa shape index (κ2) is 5.78. The molecule has 0 aromatic heterocycles. The lowest BCUT2D eigenvalue weighted by Crippen LogP contribution is -2.12. The molecule has 2 saturated carbocycles. The van der Waals surface area contributed by atoms with Crippen molar-refractivity contribution in [2.45, 2.75) is 70.6 Å². The third-order valence-electron chi connectivity index (χ3n) is 4.09. The molecule has 0 heterocycles. The van der Waals surface area contributed by atoms with Gasteiger partial charge in [-0.3, -0.25) is 0 Å². The van der Waals surface area contributed by atoms with E-state index in [1.807, 2.05) is 0 Å². The van der Waals surface area contributed by atoms with Crippen molar-refractivity contribution in [3.8, 4) is 0 Å². The highest BCUT2D eigenvalue weighted by Crippen LogP contribution is 2.33. The summed E-state index contributed by atoms with van der Waals surface area (Å²) in [6.07, 6.45) is 19.2. The van der Waals surface area contributed by atoms with Crippen molar-refractivity contribution in [1.82, 2.24) is 0 Å². The van der Waals surface area contributed by atoms with Crippen molar-refractivity contribution in [3.05, 3.63) is 6.42 Å². The fraction of sp³-hybridized carbons (Fsp3) is 0.929. The minimum atomic E-state index is 0.987. The highest BCUT2D eigenvalue weighted by Gasteiger charge is 2.19. The molecule has 0 N–H and O–H groups in total. The van der Waals surface area contributed by atoms with Crippen molar-refractivity contribution >= 4 is 0 Å². The molecule has 0 saturated heterocycles. The summed E-state index contributed by atoms with van der Waals surface area (Å²) in [7, 11) is 0. The fourth-order valence-corrected chi connectivity index (χ4v) is 3.21. The molecule has 14 heavy (non-hydrogen) atoms. The molecule has 1 radical (unpaired) electrons. The molecule has 0 heteroatoms. The van der Waals surface area contributed by atoms with E-state index in [-0.39, 0.29) is 0 Å². The highest BCUT2D eigenvalue weighted by atomic mass is 14.3. The molecule has 2 fully saturated rings. The summed E-state index contributed by atoms with van der Waals surface area (Å²) in [5.41, 5.74) is 0. The molecule has 2 aliphatic rings. The molecule has 81 valence electrons. The van der Waals surface area contributed by atoms with Crippen molar-refractivity contribution in [1.29, 1.82) is 0 Å². The van der Waals surface area contributed by atoms with Gasteiger partial charge in [-0.05, 0) is 18.3 Å². The third kappa shape index (κ3) is 3.29. The predicted octanol–water partition coefficient (Wildman–Crippen LogP) is 4.74. The molecule has 0 atom stereocenters. The van der Waals surface area contributed by atoms with Gasteiger partial charge in [0.05, 0.1) is 0 Å². The Morgan fingerprint density at radius 2 is 0.857 bits per heavy atom. The monoisotopic (exact) mass is 193 g/mol. The molecule has 0 nitrogen and oxygen atoms in total. The Balaban J connectivity index is 1.71. The maximum atomic E-state index is 2.74. The maximum absolute atomic E-state index is 2.74. The minimum Gasteiger partial charge on any atom is -0.0533 e. The lowest BCUT2D eigenvalue weighted by molar-refractivity contribution is 0.351. The number of rotatable bonds is 2. The molecule has 0 bridgehead atoms. The van der Waals surface area contributed by atoms with Crippen LogP contribution in [0.4, 0.5) is 0 Å². The van der Waals surface area contributed by atoms with Crippen LogP contribution in [0.15, 0.2) is 0 Å². The fourth-order valence-electron chi connectivity index (χ4n) is 3.21. The molecular formula is C14H25. The van der Waals surface area contributed by atoms with Gasteiger partial charge in [0, 0.05) is 0 Å². The molecule has 0 spiro atoms. The van der Waals surface area contributed by atoms with Gasteiger partial charge in [0.15, 0.2) is 0 Å². The van der Waals surface area contributed by atoms with Crippen molar-refractivity contribution in [2.24, 2.45) is 11.8 Å². The molecule has 0 aliphatic heterocycles. The SMILES string of the molecule is [CH](C1CCCCCC1)C1CCCCC1. The van der Waals surface area contributed by atoms with Crippen LogP contribution >= 0.6 is 0 Å². The first-order valence-electron chi connectivity index (χ1n) is 6.80. The minimum absolute atomic E-state index is 0.987. The van der Waals surface area contributed by atoms with Gasteiger partial charge in [-0.2, -0.15) is 0 Å². The summed E-state index contributed by atoms with van der Waals surface area (Å²) in [4.78, 5) is 0. The molecule has 0 amide bonds. The highest BCUT2D eigenvalue weighted by molar-refractivity contribution is 4.86. The van der Waals surface area contributed by atoms with Crippen molar-refractivity contribution < 1.29 is 0 Å². The van der Waals surface area contributed by atoms with Crippen LogP contribution in [0.25, 0.3) is 0 Å². The zero-order valence-corrected chi connectivity index (χ0v) is 9.51. The first-order chi connectivity index (χ1) is 6.95. The molecule has 2 rings (SSSR count). The molecule has 0 aromatic carbocycles. The Bertz CT molecular complexity index is 136. The first-order valence-corrected chi connectivity index (χ1v) is 6.80. The van der Waals surface area contributed by atoms with E-state index in [4.69, 9.17) is 0 Å². The largest absolute Gasteiger partial charge is 0.0533 e. The first kappa shape index (κ1) is 10.5. The van der Waals surface area contributed by atoms with Gasteiger partial charge < -0.3 is 0 Å². The zero-order valence-electron chi connectivity index (χ0n) is 9.51. The van der Waals surface area contributed by atoms with E-state index in [1.54, 1.807) is 0 Å². The molecule has 2 aliphatic carbocycles. The zero-order chi connectivity index (χ0) is 9.64. The Morgan fingerprint density at radius 3 is 1.29 bits per heavy atom. The Morgan fingerprint density at radius 1 is 0.500 bits per heavy atom. The standard InChI is InChI=1S/C14H25/c1-2-5-9-13(8-4-1)12-14-10-6-3-7-11-14/h12-14H,1-11H2. The summed E-state index contributed by atoms with van der Waals surface area (Å²) < 4.78 is 0. The lowest BCUT2D eigenvalue weighted by atomic mass is 9.80. The van der Waals surface area contributed by atoms with Gasteiger partial charge in [-0.1, -0.05) is 70.6 Å². The van der Waals surface area contributed by atoms with Gasteiger partial charge in [-0.15, -0.1) is 0 Å². The average molecular weight is 193 g/mol. The van der Waals surface area contributed by atoms with E-state index in [2.05, 4.69) is 6.42 Å². The summed E-state index contributed by atoms with van der Waals surface area (Å²) in [5, 5.41) is 0. The van der Waals surface area contributed by atoms with Gasteiger partial charge in [0.1, 0.15) is 0 Å². The van der Waals surface area contributed by atoms with E-state index in [0.717, 1.165) is 11.8 Å². The second-order valence-corrected chi connectivity index (χ2v) is 5.34. The van der Waals surface area contributed by atoms with Crippen LogP contribution in [-0.2, 0) is 0 Å². The van der Waals surface area contributed by atoms with Gasteiger partial charge in [-0.25, -0.2) is 0 Å². The Labute approximate surface area is 89.5 Å². The normalized spacial score (nSPS) is 27.4. The summed E-state index contributed by atoms with van der Waals surface area (Å²) in [6.45, 7) is 0. The van der Waals surface area contributed by atoms with Gasteiger partial charge in [0.25, 0.3) is 0 Å². The maximum Gasteiger partial charge on any atom is -0.0324 e.